The number of unbranched alkanes of at least 4 members (excludes halogenated alkanes) is 1. The fourth-order valence-electron chi connectivity index (χ4n) is 2.56. The van der Waals surface area contributed by atoms with Crippen molar-refractivity contribution >= 4 is 0 Å². The molecule has 0 radical (unpaired) electrons. The molecule has 102 valence electrons. The molecule has 2 heteroatoms. The molecule has 0 spiro atoms. The van der Waals surface area contributed by atoms with E-state index in [0.717, 1.165) is 6.54 Å². The van der Waals surface area contributed by atoms with Crippen molar-refractivity contribution in [2.45, 2.75) is 32.7 Å². The fraction of sp³-hybridized carbons (Fsp3) is 0.625. The van der Waals surface area contributed by atoms with Crippen LogP contribution in [0.3, 0.4) is 0 Å². The van der Waals surface area contributed by atoms with Gasteiger partial charge in [0.1, 0.15) is 0 Å². The van der Waals surface area contributed by atoms with Crippen molar-refractivity contribution in [1.82, 2.24) is 10.2 Å². The first-order valence-electron chi connectivity index (χ1n) is 7.09. The molecule has 0 amide bonds. The Kier molecular flexibility index (Phi) is 6.99. The van der Waals surface area contributed by atoms with Gasteiger partial charge < -0.3 is 10.2 Å². The third kappa shape index (κ3) is 4.79. The van der Waals surface area contributed by atoms with Crippen molar-refractivity contribution in [3.05, 3.63) is 35.9 Å². The van der Waals surface area contributed by atoms with Crippen molar-refractivity contribution in [3.8, 4) is 0 Å². The summed E-state index contributed by atoms with van der Waals surface area (Å²) in [6.45, 7) is 6.92. The highest BCUT2D eigenvalue weighted by atomic mass is 15.1. The molecule has 0 saturated carbocycles. The molecule has 0 saturated heterocycles. The van der Waals surface area contributed by atoms with E-state index in [1.54, 1.807) is 0 Å². The number of hydrogen-bond donors (Lipinski definition) is 1. The highest BCUT2D eigenvalue weighted by Crippen LogP contribution is 2.21. The molecule has 1 aromatic carbocycles. The van der Waals surface area contributed by atoms with Crippen molar-refractivity contribution in [2.24, 2.45) is 5.92 Å². The molecule has 0 aromatic heterocycles. The monoisotopic (exact) mass is 248 g/mol. The summed E-state index contributed by atoms with van der Waals surface area (Å²) in [6, 6.07) is 11.2. The van der Waals surface area contributed by atoms with E-state index in [2.05, 4.69) is 68.5 Å². The third-order valence-corrected chi connectivity index (χ3v) is 3.53. The predicted molar refractivity (Wildman–Crippen MR) is 79.8 cm³/mol. The summed E-state index contributed by atoms with van der Waals surface area (Å²) in [5, 5.41) is 3.45. The van der Waals surface area contributed by atoms with E-state index in [1.807, 2.05) is 0 Å². The molecule has 0 aliphatic heterocycles. The Morgan fingerprint density at radius 3 is 2.44 bits per heavy atom. The maximum atomic E-state index is 3.45. The van der Waals surface area contributed by atoms with E-state index in [0.29, 0.717) is 12.0 Å². The van der Waals surface area contributed by atoms with Crippen LogP contribution in [-0.2, 0) is 0 Å². The SMILES string of the molecule is CCCCN(C)CC(C)C(NC)c1ccccc1. The van der Waals surface area contributed by atoms with E-state index in [-0.39, 0.29) is 0 Å². The van der Waals surface area contributed by atoms with Gasteiger partial charge in [-0.1, -0.05) is 50.6 Å². The first-order valence-corrected chi connectivity index (χ1v) is 7.09. The molecule has 1 rings (SSSR count). The van der Waals surface area contributed by atoms with Gasteiger partial charge in [-0.2, -0.15) is 0 Å². The van der Waals surface area contributed by atoms with Crippen LogP contribution in [0.15, 0.2) is 30.3 Å². The Bertz CT molecular complexity index is 310. The van der Waals surface area contributed by atoms with E-state index >= 15 is 0 Å². The topological polar surface area (TPSA) is 15.3 Å². The first kappa shape index (κ1) is 15.2. The summed E-state index contributed by atoms with van der Waals surface area (Å²) in [4.78, 5) is 2.45. The van der Waals surface area contributed by atoms with Crippen LogP contribution >= 0.6 is 0 Å². The van der Waals surface area contributed by atoms with E-state index in [1.165, 1.54) is 24.9 Å². The molecule has 18 heavy (non-hydrogen) atoms. The summed E-state index contributed by atoms with van der Waals surface area (Å²) in [5.74, 6) is 0.610. The second-order valence-corrected chi connectivity index (χ2v) is 5.27. The fourth-order valence-corrected chi connectivity index (χ4v) is 2.56. The van der Waals surface area contributed by atoms with E-state index in [4.69, 9.17) is 0 Å². The summed E-state index contributed by atoms with van der Waals surface area (Å²) >= 11 is 0. The van der Waals surface area contributed by atoms with Crippen molar-refractivity contribution in [3.63, 3.8) is 0 Å². The zero-order chi connectivity index (χ0) is 13.4. The molecule has 0 heterocycles. The van der Waals surface area contributed by atoms with Crippen LogP contribution in [0.2, 0.25) is 0 Å². The number of nitrogens with zero attached hydrogens (tertiary/aromatic N) is 1. The molecule has 0 bridgehead atoms. The van der Waals surface area contributed by atoms with Crippen molar-refractivity contribution < 1.29 is 0 Å². The predicted octanol–water partition coefficient (Wildman–Crippen LogP) is 3.32. The van der Waals surface area contributed by atoms with Crippen LogP contribution < -0.4 is 5.32 Å². The lowest BCUT2D eigenvalue weighted by molar-refractivity contribution is 0.249. The Balaban J connectivity index is 2.55. The lowest BCUT2D eigenvalue weighted by Crippen LogP contribution is -2.33. The van der Waals surface area contributed by atoms with Gasteiger partial charge >= 0.3 is 0 Å². The second-order valence-electron chi connectivity index (χ2n) is 5.27. The quantitative estimate of drug-likeness (QED) is 0.759. The zero-order valence-electron chi connectivity index (χ0n) is 12.3. The molecule has 2 unspecified atom stereocenters. The smallest absolute Gasteiger partial charge is 0.0355 e. The zero-order valence-corrected chi connectivity index (χ0v) is 12.3. The number of nitrogens with one attached hydrogen (secondary N) is 1. The molecule has 1 N–H and O–H groups in total. The minimum atomic E-state index is 0.440. The van der Waals surface area contributed by atoms with Gasteiger partial charge in [0.05, 0.1) is 0 Å². The Labute approximate surface area is 112 Å². The van der Waals surface area contributed by atoms with Crippen LogP contribution in [0.25, 0.3) is 0 Å². The molecule has 2 atom stereocenters. The van der Waals surface area contributed by atoms with Crippen LogP contribution in [-0.4, -0.2) is 32.1 Å². The van der Waals surface area contributed by atoms with Crippen LogP contribution in [0.5, 0.6) is 0 Å². The standard InChI is InChI=1S/C16H28N2/c1-5-6-12-18(4)13-14(2)16(17-3)15-10-8-7-9-11-15/h7-11,14,16-17H,5-6,12-13H2,1-4H3. The maximum absolute atomic E-state index is 3.45. The molecule has 0 fully saturated rings. The van der Waals surface area contributed by atoms with Gasteiger partial charge in [0, 0.05) is 12.6 Å². The Morgan fingerprint density at radius 2 is 1.89 bits per heavy atom. The molecular weight excluding hydrogens is 220 g/mol. The Hall–Kier alpha value is -0.860. The molecule has 0 aliphatic carbocycles. The molecular formula is C16H28N2. The lowest BCUT2D eigenvalue weighted by atomic mass is 9.94. The average molecular weight is 248 g/mol. The van der Waals surface area contributed by atoms with Gasteiger partial charge in [-0.15, -0.1) is 0 Å². The Morgan fingerprint density at radius 1 is 1.22 bits per heavy atom. The van der Waals surface area contributed by atoms with Gasteiger partial charge in [-0.3, -0.25) is 0 Å². The molecule has 0 aliphatic rings. The minimum absolute atomic E-state index is 0.440. The van der Waals surface area contributed by atoms with Crippen LogP contribution in [0.4, 0.5) is 0 Å². The minimum Gasteiger partial charge on any atom is -0.313 e. The highest BCUT2D eigenvalue weighted by molar-refractivity contribution is 5.19. The van der Waals surface area contributed by atoms with E-state index in [9.17, 15) is 0 Å². The molecule has 2 nitrogen and oxygen atoms in total. The number of rotatable bonds is 8. The van der Waals surface area contributed by atoms with Gasteiger partial charge in [-0.25, -0.2) is 0 Å². The highest BCUT2D eigenvalue weighted by Gasteiger charge is 2.18. The maximum Gasteiger partial charge on any atom is 0.0355 e. The van der Waals surface area contributed by atoms with Gasteiger partial charge in [0.25, 0.3) is 0 Å². The summed E-state index contributed by atoms with van der Waals surface area (Å²) < 4.78 is 0. The number of benzene rings is 1. The van der Waals surface area contributed by atoms with Crippen LogP contribution in [0, 0.1) is 5.92 Å². The second kappa shape index (κ2) is 8.28. The normalized spacial score (nSPS) is 14.7. The average Bonchev–Trinajstić information content (AvgIpc) is 2.38. The van der Waals surface area contributed by atoms with Crippen molar-refractivity contribution in [1.29, 1.82) is 0 Å². The van der Waals surface area contributed by atoms with E-state index < -0.39 is 0 Å². The number of hydrogen-bond acceptors (Lipinski definition) is 2. The van der Waals surface area contributed by atoms with Gasteiger partial charge in [-0.05, 0) is 38.5 Å². The molecule has 1 aromatic rings. The van der Waals surface area contributed by atoms with Crippen molar-refractivity contribution in [2.75, 3.05) is 27.2 Å². The van der Waals surface area contributed by atoms with Gasteiger partial charge in [0.15, 0.2) is 0 Å². The summed E-state index contributed by atoms with van der Waals surface area (Å²) in [5.41, 5.74) is 1.39. The largest absolute Gasteiger partial charge is 0.313 e. The first-order chi connectivity index (χ1) is 8.69. The third-order valence-electron chi connectivity index (χ3n) is 3.53. The summed E-state index contributed by atoms with van der Waals surface area (Å²) in [6.07, 6.45) is 2.56. The van der Waals surface area contributed by atoms with Crippen LogP contribution in [0.1, 0.15) is 38.3 Å². The van der Waals surface area contributed by atoms with Gasteiger partial charge in [0.2, 0.25) is 0 Å². The lowest BCUT2D eigenvalue weighted by Gasteiger charge is -2.28. The summed E-state index contributed by atoms with van der Waals surface area (Å²) in [7, 11) is 4.28.